The summed E-state index contributed by atoms with van der Waals surface area (Å²) in [6, 6.07) is 0. The van der Waals surface area contributed by atoms with Gasteiger partial charge in [0.1, 0.15) is 10.8 Å². The molecule has 0 fully saturated rings. The lowest BCUT2D eigenvalue weighted by Gasteiger charge is -2.00. The third-order valence-corrected chi connectivity index (χ3v) is 2.51. The van der Waals surface area contributed by atoms with E-state index in [4.69, 9.17) is 28.9 Å². The van der Waals surface area contributed by atoms with E-state index >= 15 is 0 Å². The maximum Gasteiger partial charge on any atom is 0.221 e. The van der Waals surface area contributed by atoms with E-state index in [1.54, 1.807) is 0 Å². The number of aromatic nitrogens is 2. The quantitative estimate of drug-likeness (QED) is 0.575. The maximum absolute atomic E-state index is 10.9. The monoisotopic (exact) mass is 225 g/mol. The van der Waals surface area contributed by atoms with E-state index in [0.717, 1.165) is 0 Å². The fourth-order valence-electron chi connectivity index (χ4n) is 0.544. The van der Waals surface area contributed by atoms with Gasteiger partial charge >= 0.3 is 0 Å². The molecule has 0 spiro atoms. The highest BCUT2D eigenvalue weighted by Crippen LogP contribution is 2.24. The van der Waals surface area contributed by atoms with Crippen molar-refractivity contribution in [2.75, 3.05) is 12.0 Å². The van der Waals surface area contributed by atoms with Gasteiger partial charge in [-0.2, -0.15) is 0 Å². The van der Waals surface area contributed by atoms with Crippen LogP contribution in [0.15, 0.2) is 5.16 Å². The summed E-state index contributed by atoms with van der Waals surface area (Å²) in [5, 5.41) is 0.196. The summed E-state index contributed by atoms with van der Waals surface area (Å²) in [6.07, 6.45) is 1.43. The summed E-state index contributed by atoms with van der Waals surface area (Å²) in [5.41, 5.74) is 5.36. The van der Waals surface area contributed by atoms with Gasteiger partial charge in [0.15, 0.2) is 5.15 Å². The summed E-state index contributed by atoms with van der Waals surface area (Å²) in [7, 11) is -1.30. The summed E-state index contributed by atoms with van der Waals surface area (Å²) < 4.78 is 10.9. The van der Waals surface area contributed by atoms with E-state index in [-0.39, 0.29) is 21.2 Å². The highest BCUT2D eigenvalue weighted by atomic mass is 35.5. The van der Waals surface area contributed by atoms with Crippen LogP contribution >= 0.6 is 23.2 Å². The van der Waals surface area contributed by atoms with Crippen molar-refractivity contribution in [2.24, 2.45) is 0 Å². The maximum atomic E-state index is 10.9. The number of hydrogen-bond donors (Lipinski definition) is 1. The number of nitrogens with two attached hydrogens (primary N) is 1. The molecule has 12 heavy (non-hydrogen) atoms. The summed E-state index contributed by atoms with van der Waals surface area (Å²) in [6.45, 7) is 0. The van der Waals surface area contributed by atoms with Crippen LogP contribution in [0.3, 0.4) is 0 Å². The molecule has 1 rings (SSSR count). The Hall–Kier alpha value is -0.390. The molecule has 7 heteroatoms. The predicted octanol–water partition coefficient (Wildman–Crippen LogP) is 1.10. The average Bonchev–Trinajstić information content (AvgIpc) is 1.99. The van der Waals surface area contributed by atoms with Crippen LogP contribution in [0.25, 0.3) is 0 Å². The Kier molecular flexibility index (Phi) is 2.87. The second-order valence-corrected chi connectivity index (χ2v) is 3.96. The van der Waals surface area contributed by atoms with Gasteiger partial charge in [0.05, 0.1) is 10.8 Å². The van der Waals surface area contributed by atoms with E-state index in [9.17, 15) is 4.21 Å². The van der Waals surface area contributed by atoms with Crippen LogP contribution in [-0.2, 0) is 10.8 Å². The lowest BCUT2D eigenvalue weighted by Crippen LogP contribution is -2.02. The minimum absolute atomic E-state index is 0.0226. The van der Waals surface area contributed by atoms with Crippen LogP contribution in [0.5, 0.6) is 0 Å². The Morgan fingerprint density at radius 2 is 2.00 bits per heavy atom. The molecular formula is C5H5Cl2N3OS. The molecule has 0 unspecified atom stereocenters. The van der Waals surface area contributed by atoms with Gasteiger partial charge in [-0.15, -0.1) is 0 Å². The molecule has 1 aromatic heterocycles. The van der Waals surface area contributed by atoms with Crippen molar-refractivity contribution in [3.05, 3.63) is 10.2 Å². The number of hydrogen-bond acceptors (Lipinski definition) is 4. The number of nitrogens with zero attached hydrogens (tertiary/aromatic N) is 2. The molecule has 0 aromatic carbocycles. The van der Waals surface area contributed by atoms with Crippen molar-refractivity contribution < 1.29 is 4.21 Å². The van der Waals surface area contributed by atoms with Gasteiger partial charge in [0, 0.05) is 6.26 Å². The van der Waals surface area contributed by atoms with Gasteiger partial charge in [0.25, 0.3) is 0 Å². The van der Waals surface area contributed by atoms with Crippen LogP contribution in [0.4, 0.5) is 5.82 Å². The summed E-state index contributed by atoms with van der Waals surface area (Å²) >= 11 is 11.1. The Bertz CT molecular complexity index is 320. The van der Waals surface area contributed by atoms with Crippen LogP contribution < -0.4 is 5.73 Å². The Balaban J connectivity index is 3.31. The van der Waals surface area contributed by atoms with Crippen LogP contribution in [0.2, 0.25) is 10.2 Å². The van der Waals surface area contributed by atoms with Crippen LogP contribution in [-0.4, -0.2) is 20.4 Å². The number of halogens is 2. The molecule has 0 radical (unpaired) electrons. The molecule has 1 atom stereocenters. The van der Waals surface area contributed by atoms with Crippen molar-refractivity contribution in [1.29, 1.82) is 0 Å². The Morgan fingerprint density at radius 3 is 2.42 bits per heavy atom. The molecule has 0 saturated carbocycles. The zero-order chi connectivity index (χ0) is 9.30. The molecule has 66 valence electrons. The molecule has 0 aliphatic carbocycles. The molecule has 1 aromatic rings. The Morgan fingerprint density at radius 1 is 1.42 bits per heavy atom. The highest BCUT2D eigenvalue weighted by molar-refractivity contribution is 7.84. The van der Waals surface area contributed by atoms with Crippen molar-refractivity contribution in [3.63, 3.8) is 0 Å². The lowest BCUT2D eigenvalue weighted by molar-refractivity contribution is 0.680. The predicted molar refractivity (Wildman–Crippen MR) is 48.8 cm³/mol. The molecule has 0 saturated heterocycles. The first kappa shape index (κ1) is 9.70. The topological polar surface area (TPSA) is 68.9 Å². The van der Waals surface area contributed by atoms with Gasteiger partial charge < -0.3 is 5.73 Å². The molecular weight excluding hydrogens is 221 g/mol. The zero-order valence-corrected chi connectivity index (χ0v) is 8.37. The SMILES string of the molecule is C[S@](=O)c1nc(N)c(Cl)c(Cl)n1. The fourth-order valence-corrected chi connectivity index (χ4v) is 1.30. The minimum atomic E-state index is -1.30. The number of rotatable bonds is 1. The molecule has 0 aliphatic rings. The van der Waals surface area contributed by atoms with Gasteiger partial charge in [-0.25, -0.2) is 9.97 Å². The van der Waals surface area contributed by atoms with Crippen molar-refractivity contribution in [3.8, 4) is 0 Å². The van der Waals surface area contributed by atoms with E-state index in [0.29, 0.717) is 0 Å². The van der Waals surface area contributed by atoms with E-state index in [1.807, 2.05) is 0 Å². The minimum Gasteiger partial charge on any atom is -0.382 e. The normalized spacial score (nSPS) is 12.9. The molecule has 4 nitrogen and oxygen atoms in total. The molecule has 0 bridgehead atoms. The first-order valence-electron chi connectivity index (χ1n) is 2.84. The van der Waals surface area contributed by atoms with Crippen molar-refractivity contribution in [1.82, 2.24) is 9.97 Å². The van der Waals surface area contributed by atoms with Crippen LogP contribution in [0, 0.1) is 0 Å². The molecule has 2 N–H and O–H groups in total. The summed E-state index contributed by atoms with van der Waals surface area (Å²) in [5.74, 6) is 0.0434. The van der Waals surface area contributed by atoms with Gasteiger partial charge in [-0.1, -0.05) is 23.2 Å². The van der Waals surface area contributed by atoms with E-state index < -0.39 is 10.8 Å². The first-order valence-corrected chi connectivity index (χ1v) is 5.15. The summed E-state index contributed by atoms with van der Waals surface area (Å²) in [4.78, 5) is 7.36. The number of anilines is 1. The van der Waals surface area contributed by atoms with E-state index in [1.165, 1.54) is 6.26 Å². The van der Waals surface area contributed by atoms with Crippen molar-refractivity contribution in [2.45, 2.75) is 5.16 Å². The fraction of sp³-hybridized carbons (Fsp3) is 0.200. The first-order chi connectivity index (χ1) is 5.52. The smallest absolute Gasteiger partial charge is 0.221 e. The average molecular weight is 226 g/mol. The van der Waals surface area contributed by atoms with Crippen LogP contribution in [0.1, 0.15) is 0 Å². The van der Waals surface area contributed by atoms with Gasteiger partial charge in [-0.3, -0.25) is 4.21 Å². The lowest BCUT2D eigenvalue weighted by atomic mass is 10.6. The third-order valence-electron chi connectivity index (χ3n) is 1.07. The standard InChI is InChI=1S/C5H5Cl2N3OS/c1-12(11)5-9-3(7)2(6)4(8)10-5/h1H3,(H2,8,9,10)/t12-/m0/s1. The second-order valence-electron chi connectivity index (χ2n) is 1.95. The number of nitrogen functional groups attached to an aromatic ring is 1. The zero-order valence-electron chi connectivity index (χ0n) is 6.04. The molecule has 0 aliphatic heterocycles. The van der Waals surface area contributed by atoms with Gasteiger partial charge in [-0.05, 0) is 0 Å². The molecule has 1 heterocycles. The largest absolute Gasteiger partial charge is 0.382 e. The van der Waals surface area contributed by atoms with Crippen molar-refractivity contribution >= 4 is 39.8 Å². The third kappa shape index (κ3) is 1.85. The second kappa shape index (κ2) is 3.55. The van der Waals surface area contributed by atoms with E-state index in [2.05, 4.69) is 9.97 Å². The highest BCUT2D eigenvalue weighted by Gasteiger charge is 2.10. The Labute approximate surface area is 81.6 Å². The molecule has 0 amide bonds. The van der Waals surface area contributed by atoms with Gasteiger partial charge in [0.2, 0.25) is 5.16 Å².